The molecule has 2 N–H and O–H groups in total. The Kier molecular flexibility index (Phi) is 4.93. The predicted octanol–water partition coefficient (Wildman–Crippen LogP) is 3.08. The molecule has 0 aliphatic carbocycles. The minimum absolute atomic E-state index is 0.831. The molecule has 0 radical (unpaired) electrons. The van der Waals surface area contributed by atoms with E-state index in [9.17, 15) is 0 Å². The summed E-state index contributed by atoms with van der Waals surface area (Å²) in [6.07, 6.45) is 4.84. The lowest BCUT2D eigenvalue weighted by Crippen LogP contribution is -2.23. The SMILES string of the molecule is CCCN(Cc1ccncc1)Cc1cccc(N)c1. The fourth-order valence-corrected chi connectivity index (χ4v) is 2.23. The highest BCUT2D eigenvalue weighted by molar-refractivity contribution is 5.40. The number of benzene rings is 1. The number of aromatic nitrogens is 1. The van der Waals surface area contributed by atoms with Crippen molar-refractivity contribution in [2.75, 3.05) is 12.3 Å². The molecule has 19 heavy (non-hydrogen) atoms. The third kappa shape index (κ3) is 4.38. The Morgan fingerprint density at radius 2 is 1.79 bits per heavy atom. The topological polar surface area (TPSA) is 42.2 Å². The Morgan fingerprint density at radius 3 is 2.47 bits per heavy atom. The second-order valence-electron chi connectivity index (χ2n) is 4.81. The Labute approximate surface area is 115 Å². The van der Waals surface area contributed by atoms with E-state index in [1.807, 2.05) is 24.5 Å². The first-order valence-electron chi connectivity index (χ1n) is 6.73. The lowest BCUT2D eigenvalue weighted by molar-refractivity contribution is 0.257. The first-order chi connectivity index (χ1) is 9.28. The molecule has 0 spiro atoms. The predicted molar refractivity (Wildman–Crippen MR) is 79.5 cm³/mol. The normalized spacial score (nSPS) is 10.8. The third-order valence-corrected chi connectivity index (χ3v) is 3.05. The van der Waals surface area contributed by atoms with Crippen molar-refractivity contribution in [2.45, 2.75) is 26.4 Å². The monoisotopic (exact) mass is 255 g/mol. The molecule has 0 unspecified atom stereocenters. The number of anilines is 1. The number of nitrogen functional groups attached to an aromatic ring is 1. The highest BCUT2D eigenvalue weighted by Gasteiger charge is 2.06. The third-order valence-electron chi connectivity index (χ3n) is 3.05. The van der Waals surface area contributed by atoms with E-state index in [-0.39, 0.29) is 0 Å². The van der Waals surface area contributed by atoms with Crippen LogP contribution in [-0.2, 0) is 13.1 Å². The van der Waals surface area contributed by atoms with Crippen molar-refractivity contribution in [3.05, 3.63) is 59.9 Å². The van der Waals surface area contributed by atoms with Gasteiger partial charge in [0.2, 0.25) is 0 Å². The van der Waals surface area contributed by atoms with E-state index in [1.54, 1.807) is 0 Å². The standard InChI is InChI=1S/C16H21N3/c1-2-10-19(12-14-6-8-18-9-7-14)13-15-4-3-5-16(17)11-15/h3-9,11H,2,10,12-13,17H2,1H3. The van der Waals surface area contributed by atoms with Gasteiger partial charge in [-0.15, -0.1) is 0 Å². The van der Waals surface area contributed by atoms with Crippen molar-refractivity contribution in [3.63, 3.8) is 0 Å². The van der Waals surface area contributed by atoms with Crippen LogP contribution in [0.1, 0.15) is 24.5 Å². The maximum Gasteiger partial charge on any atom is 0.0317 e. The van der Waals surface area contributed by atoms with Gasteiger partial charge in [0.1, 0.15) is 0 Å². The minimum atomic E-state index is 0.831. The summed E-state index contributed by atoms with van der Waals surface area (Å²) in [5.41, 5.74) is 9.23. The molecule has 1 heterocycles. The molecular weight excluding hydrogens is 234 g/mol. The zero-order valence-corrected chi connectivity index (χ0v) is 11.4. The summed E-state index contributed by atoms with van der Waals surface area (Å²) in [7, 11) is 0. The molecular formula is C16H21N3. The van der Waals surface area contributed by atoms with Crippen molar-refractivity contribution in [2.24, 2.45) is 0 Å². The first kappa shape index (κ1) is 13.6. The van der Waals surface area contributed by atoms with E-state index in [4.69, 9.17) is 5.73 Å². The molecule has 0 saturated heterocycles. The Morgan fingerprint density at radius 1 is 1.05 bits per heavy atom. The second-order valence-corrected chi connectivity index (χ2v) is 4.81. The van der Waals surface area contributed by atoms with Gasteiger partial charge in [-0.2, -0.15) is 0 Å². The van der Waals surface area contributed by atoms with E-state index in [0.29, 0.717) is 0 Å². The van der Waals surface area contributed by atoms with Crippen molar-refractivity contribution >= 4 is 5.69 Å². The van der Waals surface area contributed by atoms with Crippen LogP contribution in [0.3, 0.4) is 0 Å². The number of nitrogens with two attached hydrogens (primary N) is 1. The maximum atomic E-state index is 5.83. The second kappa shape index (κ2) is 6.90. The summed E-state index contributed by atoms with van der Waals surface area (Å²) in [5, 5.41) is 0. The van der Waals surface area contributed by atoms with Crippen molar-refractivity contribution in [1.82, 2.24) is 9.88 Å². The molecule has 0 saturated carbocycles. The average Bonchev–Trinajstić information content (AvgIpc) is 2.40. The van der Waals surface area contributed by atoms with Gasteiger partial charge < -0.3 is 5.73 Å². The van der Waals surface area contributed by atoms with Gasteiger partial charge in [-0.3, -0.25) is 9.88 Å². The van der Waals surface area contributed by atoms with E-state index in [2.05, 4.69) is 41.1 Å². The van der Waals surface area contributed by atoms with Crippen molar-refractivity contribution < 1.29 is 0 Å². The summed E-state index contributed by atoms with van der Waals surface area (Å²) < 4.78 is 0. The van der Waals surface area contributed by atoms with Crippen molar-refractivity contribution in [1.29, 1.82) is 0 Å². The highest BCUT2D eigenvalue weighted by atomic mass is 15.1. The number of hydrogen-bond donors (Lipinski definition) is 1. The molecule has 0 atom stereocenters. The van der Waals surface area contributed by atoms with Crippen LogP contribution in [0.15, 0.2) is 48.8 Å². The largest absolute Gasteiger partial charge is 0.399 e. The smallest absolute Gasteiger partial charge is 0.0317 e. The Bertz CT molecular complexity index is 496. The van der Waals surface area contributed by atoms with Crippen LogP contribution in [0.5, 0.6) is 0 Å². The molecule has 0 aliphatic rings. The van der Waals surface area contributed by atoms with Crippen LogP contribution < -0.4 is 5.73 Å². The molecule has 2 rings (SSSR count). The van der Waals surface area contributed by atoms with Gasteiger partial charge in [-0.25, -0.2) is 0 Å². The van der Waals surface area contributed by atoms with Gasteiger partial charge in [0.15, 0.2) is 0 Å². The molecule has 1 aromatic carbocycles. The Hall–Kier alpha value is -1.87. The lowest BCUT2D eigenvalue weighted by Gasteiger charge is -2.22. The zero-order valence-electron chi connectivity index (χ0n) is 11.4. The number of pyridine rings is 1. The first-order valence-corrected chi connectivity index (χ1v) is 6.73. The van der Waals surface area contributed by atoms with Gasteiger partial charge in [0.25, 0.3) is 0 Å². The zero-order chi connectivity index (χ0) is 13.5. The molecule has 3 nitrogen and oxygen atoms in total. The van der Waals surface area contributed by atoms with E-state index >= 15 is 0 Å². The molecule has 1 aromatic heterocycles. The van der Waals surface area contributed by atoms with E-state index in [1.165, 1.54) is 11.1 Å². The van der Waals surface area contributed by atoms with Gasteiger partial charge in [0, 0.05) is 31.2 Å². The van der Waals surface area contributed by atoms with Crippen LogP contribution in [0.4, 0.5) is 5.69 Å². The quantitative estimate of drug-likeness (QED) is 0.807. The minimum Gasteiger partial charge on any atom is -0.399 e. The van der Waals surface area contributed by atoms with Crippen LogP contribution >= 0.6 is 0 Å². The summed E-state index contributed by atoms with van der Waals surface area (Å²) in [4.78, 5) is 6.49. The lowest BCUT2D eigenvalue weighted by atomic mass is 10.1. The molecule has 2 aromatic rings. The average molecular weight is 255 g/mol. The summed E-state index contributed by atoms with van der Waals surface area (Å²) in [6, 6.07) is 12.3. The molecule has 0 bridgehead atoms. The Balaban J connectivity index is 2.04. The molecule has 0 aliphatic heterocycles. The number of nitrogens with zero attached hydrogens (tertiary/aromatic N) is 2. The summed E-state index contributed by atoms with van der Waals surface area (Å²) >= 11 is 0. The molecule has 3 heteroatoms. The molecule has 100 valence electrons. The van der Waals surface area contributed by atoms with E-state index < -0.39 is 0 Å². The van der Waals surface area contributed by atoms with Gasteiger partial charge in [-0.1, -0.05) is 19.1 Å². The van der Waals surface area contributed by atoms with Crippen molar-refractivity contribution in [3.8, 4) is 0 Å². The van der Waals surface area contributed by atoms with Crippen LogP contribution in [-0.4, -0.2) is 16.4 Å². The fourth-order valence-electron chi connectivity index (χ4n) is 2.23. The number of rotatable bonds is 6. The maximum absolute atomic E-state index is 5.83. The molecule has 0 fully saturated rings. The fraction of sp³-hybridized carbons (Fsp3) is 0.312. The van der Waals surface area contributed by atoms with Gasteiger partial charge in [-0.05, 0) is 48.4 Å². The van der Waals surface area contributed by atoms with Gasteiger partial charge in [0.05, 0.1) is 0 Å². The van der Waals surface area contributed by atoms with Crippen LogP contribution in [0.2, 0.25) is 0 Å². The number of hydrogen-bond acceptors (Lipinski definition) is 3. The van der Waals surface area contributed by atoms with Crippen LogP contribution in [0, 0.1) is 0 Å². The summed E-state index contributed by atoms with van der Waals surface area (Å²) in [6.45, 7) is 5.17. The van der Waals surface area contributed by atoms with Crippen LogP contribution in [0.25, 0.3) is 0 Å². The highest BCUT2D eigenvalue weighted by Crippen LogP contribution is 2.12. The summed E-state index contributed by atoms with van der Waals surface area (Å²) in [5.74, 6) is 0. The van der Waals surface area contributed by atoms with E-state index in [0.717, 1.165) is 31.7 Å². The molecule has 0 amide bonds. The van der Waals surface area contributed by atoms with Gasteiger partial charge >= 0.3 is 0 Å².